The maximum Gasteiger partial charge on any atom is 0.251 e. The van der Waals surface area contributed by atoms with Gasteiger partial charge >= 0.3 is 0 Å². The Kier molecular flexibility index (Phi) is 7.48. The number of amides is 1. The molecule has 1 heterocycles. The second-order valence-electron chi connectivity index (χ2n) is 8.33. The van der Waals surface area contributed by atoms with Crippen LogP contribution in [0.25, 0.3) is 11.0 Å². The maximum absolute atomic E-state index is 12.6. The summed E-state index contributed by atoms with van der Waals surface area (Å²) in [7, 11) is 1.61. The monoisotopic (exact) mass is 457 g/mol. The fourth-order valence-electron chi connectivity index (χ4n) is 3.95. The number of carbonyl (C=O) groups excluding carboxylic acids is 1. The number of ether oxygens (including phenoxy) is 2. The van der Waals surface area contributed by atoms with Crippen LogP contribution in [-0.4, -0.2) is 29.2 Å². The van der Waals surface area contributed by atoms with Gasteiger partial charge in [0.2, 0.25) is 0 Å². The van der Waals surface area contributed by atoms with E-state index in [2.05, 4.69) is 35.9 Å². The van der Waals surface area contributed by atoms with Gasteiger partial charge in [-0.3, -0.25) is 4.79 Å². The molecule has 0 aliphatic carbocycles. The molecule has 3 aromatic carbocycles. The van der Waals surface area contributed by atoms with Gasteiger partial charge in [-0.25, -0.2) is 4.98 Å². The molecule has 6 heteroatoms. The van der Waals surface area contributed by atoms with Crippen molar-refractivity contribution < 1.29 is 14.3 Å². The van der Waals surface area contributed by atoms with E-state index >= 15 is 0 Å². The molecule has 0 spiro atoms. The van der Waals surface area contributed by atoms with Crippen LogP contribution < -0.4 is 14.8 Å². The van der Waals surface area contributed by atoms with Gasteiger partial charge in [0.1, 0.15) is 17.3 Å². The van der Waals surface area contributed by atoms with E-state index in [1.165, 1.54) is 11.1 Å². The molecule has 4 rings (SSSR count). The summed E-state index contributed by atoms with van der Waals surface area (Å²) in [5.74, 6) is 2.39. The van der Waals surface area contributed by atoms with Gasteiger partial charge in [-0.2, -0.15) is 0 Å². The molecule has 0 saturated heterocycles. The average molecular weight is 458 g/mol. The number of fused-ring (bicyclic) bond motifs is 1. The van der Waals surface area contributed by atoms with E-state index in [1.54, 1.807) is 31.4 Å². The molecule has 6 nitrogen and oxygen atoms in total. The van der Waals surface area contributed by atoms with Crippen molar-refractivity contribution in [1.82, 2.24) is 14.9 Å². The number of unbranched alkanes of at least 4 members (excludes halogenated alkanes) is 1. The van der Waals surface area contributed by atoms with Crippen LogP contribution in [0.4, 0.5) is 0 Å². The summed E-state index contributed by atoms with van der Waals surface area (Å²) in [5.41, 5.74) is 5.03. The molecule has 0 fully saturated rings. The van der Waals surface area contributed by atoms with Crippen LogP contribution in [0.15, 0.2) is 66.7 Å². The second-order valence-corrected chi connectivity index (χ2v) is 8.33. The first kappa shape index (κ1) is 23.4. The first-order valence-corrected chi connectivity index (χ1v) is 11.6. The molecular formula is C28H31N3O3. The molecule has 176 valence electrons. The van der Waals surface area contributed by atoms with Crippen molar-refractivity contribution in [3.8, 4) is 11.5 Å². The predicted molar refractivity (Wildman–Crippen MR) is 135 cm³/mol. The van der Waals surface area contributed by atoms with E-state index in [0.717, 1.165) is 47.7 Å². The Morgan fingerprint density at radius 3 is 2.56 bits per heavy atom. The number of para-hydroxylation sites is 2. The normalized spacial score (nSPS) is 10.9. The largest absolute Gasteiger partial charge is 0.497 e. The molecular weight excluding hydrogens is 426 g/mol. The van der Waals surface area contributed by atoms with Gasteiger partial charge in [-0.05, 0) is 80.3 Å². The van der Waals surface area contributed by atoms with E-state index in [-0.39, 0.29) is 5.91 Å². The summed E-state index contributed by atoms with van der Waals surface area (Å²) >= 11 is 0. The standard InChI is InChI=1S/C28H31N3O3/c1-20-9-8-12-26(21(20)2)34-18-7-6-17-31-25-11-5-4-10-24(25)30-27(31)19-29-28(32)22-13-15-23(33-3)16-14-22/h4-5,8-16H,6-7,17-19H2,1-3H3,(H,29,32). The van der Waals surface area contributed by atoms with Crippen LogP contribution in [0.3, 0.4) is 0 Å². The van der Waals surface area contributed by atoms with E-state index in [4.69, 9.17) is 14.5 Å². The molecule has 0 atom stereocenters. The molecule has 4 aromatic rings. The summed E-state index contributed by atoms with van der Waals surface area (Å²) in [4.78, 5) is 17.4. The van der Waals surface area contributed by atoms with Gasteiger partial charge in [0, 0.05) is 12.1 Å². The lowest BCUT2D eigenvalue weighted by Crippen LogP contribution is -2.24. The van der Waals surface area contributed by atoms with Crippen LogP contribution in [0, 0.1) is 13.8 Å². The van der Waals surface area contributed by atoms with Gasteiger partial charge in [0.25, 0.3) is 5.91 Å². The van der Waals surface area contributed by atoms with Gasteiger partial charge in [0.05, 0.1) is 31.3 Å². The van der Waals surface area contributed by atoms with E-state index < -0.39 is 0 Å². The number of methoxy groups -OCH3 is 1. The Hall–Kier alpha value is -3.80. The van der Waals surface area contributed by atoms with Gasteiger partial charge in [-0.1, -0.05) is 24.3 Å². The number of aryl methyl sites for hydroxylation is 2. The fraction of sp³-hybridized carbons (Fsp3) is 0.286. The highest BCUT2D eigenvalue weighted by Crippen LogP contribution is 2.21. The minimum absolute atomic E-state index is 0.136. The Morgan fingerprint density at radius 1 is 0.971 bits per heavy atom. The number of benzene rings is 3. The van der Waals surface area contributed by atoms with Crippen LogP contribution >= 0.6 is 0 Å². The minimum atomic E-state index is -0.136. The number of rotatable bonds is 10. The van der Waals surface area contributed by atoms with Crippen molar-refractivity contribution in [2.24, 2.45) is 0 Å². The van der Waals surface area contributed by atoms with Gasteiger partial charge in [0.15, 0.2) is 0 Å². The lowest BCUT2D eigenvalue weighted by molar-refractivity contribution is 0.0949. The molecule has 0 bridgehead atoms. The number of aromatic nitrogens is 2. The predicted octanol–water partition coefficient (Wildman–Crippen LogP) is 5.45. The Balaban J connectivity index is 1.37. The Morgan fingerprint density at radius 2 is 1.76 bits per heavy atom. The van der Waals surface area contributed by atoms with E-state index in [1.807, 2.05) is 30.3 Å². The molecule has 0 saturated carbocycles. The van der Waals surface area contributed by atoms with Crippen LogP contribution in [0.2, 0.25) is 0 Å². The zero-order valence-corrected chi connectivity index (χ0v) is 20.0. The summed E-state index contributed by atoms with van der Waals surface area (Å²) in [5, 5.41) is 3.00. The molecule has 0 unspecified atom stereocenters. The van der Waals surface area contributed by atoms with Crippen molar-refractivity contribution in [2.75, 3.05) is 13.7 Å². The third-order valence-corrected chi connectivity index (χ3v) is 6.08. The highest BCUT2D eigenvalue weighted by molar-refractivity contribution is 5.94. The molecule has 34 heavy (non-hydrogen) atoms. The topological polar surface area (TPSA) is 65.4 Å². The van der Waals surface area contributed by atoms with Crippen molar-refractivity contribution in [3.63, 3.8) is 0 Å². The number of carbonyl (C=O) groups is 1. The molecule has 1 amide bonds. The third-order valence-electron chi connectivity index (χ3n) is 6.08. The number of nitrogens with zero attached hydrogens (tertiary/aromatic N) is 2. The zero-order valence-electron chi connectivity index (χ0n) is 20.0. The SMILES string of the molecule is COc1ccc(C(=O)NCc2nc3ccccc3n2CCCCOc2cccc(C)c2C)cc1. The third kappa shape index (κ3) is 5.39. The van der Waals surface area contributed by atoms with E-state index in [9.17, 15) is 4.79 Å². The number of nitrogens with one attached hydrogen (secondary N) is 1. The molecule has 0 aliphatic rings. The lowest BCUT2D eigenvalue weighted by atomic mass is 10.1. The highest BCUT2D eigenvalue weighted by atomic mass is 16.5. The molecule has 0 radical (unpaired) electrons. The summed E-state index contributed by atoms with van der Waals surface area (Å²) in [6, 6.07) is 21.3. The quantitative estimate of drug-likeness (QED) is 0.322. The first-order valence-electron chi connectivity index (χ1n) is 11.6. The lowest BCUT2D eigenvalue weighted by Gasteiger charge is -2.12. The Bertz CT molecular complexity index is 1260. The highest BCUT2D eigenvalue weighted by Gasteiger charge is 2.13. The maximum atomic E-state index is 12.6. The average Bonchev–Trinajstić information content (AvgIpc) is 3.22. The number of imidazole rings is 1. The summed E-state index contributed by atoms with van der Waals surface area (Å²) in [6.45, 7) is 6.03. The second kappa shape index (κ2) is 10.9. The van der Waals surface area contributed by atoms with Crippen LogP contribution in [0.1, 0.15) is 40.2 Å². The van der Waals surface area contributed by atoms with Crippen molar-refractivity contribution in [2.45, 2.75) is 39.8 Å². The summed E-state index contributed by atoms with van der Waals surface area (Å²) in [6.07, 6.45) is 1.88. The van der Waals surface area contributed by atoms with E-state index in [0.29, 0.717) is 18.7 Å². The molecule has 1 N–H and O–H groups in total. The number of hydrogen-bond donors (Lipinski definition) is 1. The van der Waals surface area contributed by atoms with Crippen LogP contribution in [0.5, 0.6) is 11.5 Å². The van der Waals surface area contributed by atoms with Gasteiger partial charge in [-0.15, -0.1) is 0 Å². The molecule has 1 aromatic heterocycles. The molecule has 0 aliphatic heterocycles. The summed E-state index contributed by atoms with van der Waals surface area (Å²) < 4.78 is 13.4. The van der Waals surface area contributed by atoms with Crippen LogP contribution in [-0.2, 0) is 13.1 Å². The van der Waals surface area contributed by atoms with Crippen molar-refractivity contribution >= 4 is 16.9 Å². The first-order chi connectivity index (χ1) is 16.6. The zero-order chi connectivity index (χ0) is 23.9. The smallest absolute Gasteiger partial charge is 0.251 e. The number of hydrogen-bond acceptors (Lipinski definition) is 4. The minimum Gasteiger partial charge on any atom is -0.497 e. The van der Waals surface area contributed by atoms with Crippen molar-refractivity contribution in [1.29, 1.82) is 0 Å². The Labute approximate surface area is 200 Å². The van der Waals surface area contributed by atoms with Crippen molar-refractivity contribution in [3.05, 3.63) is 89.2 Å². The van der Waals surface area contributed by atoms with Gasteiger partial charge < -0.3 is 19.4 Å². The fourth-order valence-corrected chi connectivity index (χ4v) is 3.95.